The molecule has 0 radical (unpaired) electrons. The molecule has 1 unspecified atom stereocenters. The van der Waals surface area contributed by atoms with Gasteiger partial charge in [0, 0.05) is 25.4 Å². The number of aryl methyl sites for hydroxylation is 1. The van der Waals surface area contributed by atoms with E-state index in [0.717, 1.165) is 31.4 Å². The number of rotatable bonds is 6. The Labute approximate surface area is 198 Å². The number of morpholine rings is 1. The molecule has 0 spiro atoms. The maximum atomic E-state index is 12.9. The number of anilines is 2. The summed E-state index contributed by atoms with van der Waals surface area (Å²) in [5, 5.41) is 10.7. The van der Waals surface area contributed by atoms with Crippen LogP contribution in [0.3, 0.4) is 0 Å². The molecule has 1 atom stereocenters. The number of hydrogen-bond acceptors (Lipinski definition) is 8. The zero-order valence-corrected chi connectivity index (χ0v) is 19.3. The lowest BCUT2D eigenvalue weighted by Crippen LogP contribution is -2.47. The summed E-state index contributed by atoms with van der Waals surface area (Å²) >= 11 is 0. The second kappa shape index (κ2) is 10.2. The average Bonchev–Trinajstić information content (AvgIpc) is 3.29. The molecule has 10 heteroatoms. The topological polar surface area (TPSA) is 108 Å². The molecule has 5 rings (SSSR count). The van der Waals surface area contributed by atoms with Crippen molar-refractivity contribution in [1.29, 1.82) is 0 Å². The molecule has 4 heterocycles. The highest BCUT2D eigenvalue weighted by atomic mass is 16.5. The first-order valence-electron chi connectivity index (χ1n) is 11.8. The van der Waals surface area contributed by atoms with Crippen LogP contribution >= 0.6 is 0 Å². The van der Waals surface area contributed by atoms with Gasteiger partial charge in [-0.15, -0.1) is 0 Å². The number of ether oxygens (including phenoxy) is 1. The molecular weight excluding hydrogens is 432 g/mol. The molecule has 1 aromatic carbocycles. The van der Waals surface area contributed by atoms with Crippen molar-refractivity contribution in [3.8, 4) is 0 Å². The minimum absolute atomic E-state index is 0.0175. The largest absolute Gasteiger partial charge is 0.378 e. The van der Waals surface area contributed by atoms with Gasteiger partial charge in [-0.1, -0.05) is 29.8 Å². The molecule has 2 aliphatic heterocycles. The summed E-state index contributed by atoms with van der Waals surface area (Å²) in [5.41, 5.74) is 6.19. The Hall–Kier alpha value is -3.50. The first-order valence-corrected chi connectivity index (χ1v) is 11.8. The van der Waals surface area contributed by atoms with Crippen LogP contribution in [-0.2, 0) is 4.74 Å². The van der Waals surface area contributed by atoms with E-state index in [9.17, 15) is 4.79 Å². The summed E-state index contributed by atoms with van der Waals surface area (Å²) in [6.45, 7) is 5.64. The van der Waals surface area contributed by atoms with E-state index in [1.165, 1.54) is 5.56 Å². The number of carbonyl (C=O) groups is 1. The monoisotopic (exact) mass is 462 g/mol. The highest BCUT2D eigenvalue weighted by molar-refractivity contribution is 5.93. The maximum absolute atomic E-state index is 12.9. The van der Waals surface area contributed by atoms with Gasteiger partial charge in [0.05, 0.1) is 25.6 Å². The fourth-order valence-corrected chi connectivity index (χ4v) is 4.26. The second-order valence-electron chi connectivity index (χ2n) is 8.66. The fraction of sp³-hybridized carbons (Fsp3) is 0.417. The van der Waals surface area contributed by atoms with Crippen molar-refractivity contribution < 1.29 is 9.53 Å². The smallest absolute Gasteiger partial charge is 0.272 e. The van der Waals surface area contributed by atoms with Gasteiger partial charge in [0.2, 0.25) is 5.95 Å². The van der Waals surface area contributed by atoms with Crippen LogP contribution in [0, 0.1) is 6.92 Å². The van der Waals surface area contributed by atoms with Crippen LogP contribution in [0.5, 0.6) is 0 Å². The predicted molar refractivity (Wildman–Crippen MR) is 132 cm³/mol. The van der Waals surface area contributed by atoms with Crippen LogP contribution in [0.2, 0.25) is 0 Å². The van der Waals surface area contributed by atoms with Crippen LogP contribution in [0.1, 0.15) is 40.9 Å². The van der Waals surface area contributed by atoms with Crippen molar-refractivity contribution in [3.63, 3.8) is 0 Å². The molecule has 2 saturated heterocycles. The molecule has 3 N–H and O–H groups in total. The Bertz CT molecular complexity index is 1180. The minimum atomic E-state index is -0.192. The van der Waals surface area contributed by atoms with Crippen LogP contribution in [0.15, 0.2) is 41.6 Å². The summed E-state index contributed by atoms with van der Waals surface area (Å²) < 4.78 is 7.38. The van der Waals surface area contributed by atoms with Crippen molar-refractivity contribution in [1.82, 2.24) is 25.0 Å². The minimum Gasteiger partial charge on any atom is -0.378 e. The van der Waals surface area contributed by atoms with Crippen molar-refractivity contribution in [2.24, 2.45) is 5.10 Å². The average molecular weight is 463 g/mol. The van der Waals surface area contributed by atoms with Crippen LogP contribution in [0.25, 0.3) is 5.65 Å². The first kappa shape index (κ1) is 22.3. The van der Waals surface area contributed by atoms with E-state index in [1.54, 1.807) is 18.5 Å². The molecule has 2 aromatic heterocycles. The third-order valence-electron chi connectivity index (χ3n) is 6.01. The normalized spacial score (nSPS) is 19.0. The Kier molecular flexibility index (Phi) is 6.68. The molecule has 2 aliphatic rings. The standard InChI is InChI=1S/C24H30N8O2/c1-17-5-4-6-18(13-17)15-26-30-21-14-22-27-19(23(33)28-20-7-2-3-8-25-20)16-32(22)24(29-21)31-9-11-34-12-10-31/h4-6,13-16,20,25,30H,2-3,7-12H2,1H3,(H,28,33)/b26-15+. The molecule has 10 nitrogen and oxygen atoms in total. The Balaban J connectivity index is 1.41. The molecule has 1 amide bonds. The number of hydrogen-bond donors (Lipinski definition) is 3. The lowest BCUT2D eigenvalue weighted by molar-refractivity contribution is 0.0917. The second-order valence-corrected chi connectivity index (χ2v) is 8.66. The number of piperidine rings is 1. The molecule has 0 saturated carbocycles. The van der Waals surface area contributed by atoms with Gasteiger partial charge in [-0.05, 0) is 38.3 Å². The summed E-state index contributed by atoms with van der Waals surface area (Å²) in [7, 11) is 0. The van der Waals surface area contributed by atoms with E-state index in [4.69, 9.17) is 9.72 Å². The van der Waals surface area contributed by atoms with E-state index in [-0.39, 0.29) is 12.1 Å². The maximum Gasteiger partial charge on any atom is 0.272 e. The zero-order chi connectivity index (χ0) is 23.3. The van der Waals surface area contributed by atoms with Gasteiger partial charge in [0.1, 0.15) is 11.3 Å². The van der Waals surface area contributed by atoms with Crippen molar-refractivity contribution in [3.05, 3.63) is 53.3 Å². The number of nitrogens with one attached hydrogen (secondary N) is 3. The lowest BCUT2D eigenvalue weighted by Gasteiger charge is -2.28. The molecule has 0 bridgehead atoms. The molecule has 3 aromatic rings. The quantitative estimate of drug-likeness (QED) is 0.381. The van der Waals surface area contributed by atoms with Crippen LogP contribution in [-0.4, -0.2) is 65.5 Å². The van der Waals surface area contributed by atoms with Gasteiger partial charge >= 0.3 is 0 Å². The highest BCUT2D eigenvalue weighted by Gasteiger charge is 2.22. The number of carbonyl (C=O) groups excluding carboxylic acids is 1. The van der Waals surface area contributed by atoms with Gasteiger partial charge in [-0.3, -0.25) is 19.9 Å². The summed E-state index contributed by atoms with van der Waals surface area (Å²) in [4.78, 5) is 24.4. The highest BCUT2D eigenvalue weighted by Crippen LogP contribution is 2.21. The van der Waals surface area contributed by atoms with E-state index in [0.29, 0.717) is 49.4 Å². The SMILES string of the molecule is Cc1cccc(/C=N/Nc2cc3nc(C(=O)NC4CCCCN4)cn3c(N3CCOCC3)n2)c1. The van der Waals surface area contributed by atoms with Gasteiger partial charge in [-0.25, -0.2) is 4.98 Å². The van der Waals surface area contributed by atoms with Gasteiger partial charge in [-0.2, -0.15) is 10.1 Å². The molecular formula is C24H30N8O2. The van der Waals surface area contributed by atoms with Crippen molar-refractivity contribution in [2.45, 2.75) is 32.4 Å². The number of benzene rings is 1. The van der Waals surface area contributed by atoms with Crippen molar-refractivity contribution in [2.75, 3.05) is 43.2 Å². The zero-order valence-electron chi connectivity index (χ0n) is 19.3. The lowest BCUT2D eigenvalue weighted by atomic mass is 10.1. The van der Waals surface area contributed by atoms with E-state index in [1.807, 2.05) is 29.5 Å². The Morgan fingerprint density at radius 1 is 1.24 bits per heavy atom. The molecule has 0 aliphatic carbocycles. The third-order valence-corrected chi connectivity index (χ3v) is 6.01. The third kappa shape index (κ3) is 5.18. The van der Waals surface area contributed by atoms with Gasteiger partial charge < -0.3 is 15.0 Å². The number of nitrogens with zero attached hydrogens (tertiary/aromatic N) is 5. The Morgan fingerprint density at radius 3 is 2.91 bits per heavy atom. The summed E-state index contributed by atoms with van der Waals surface area (Å²) in [6.07, 6.45) is 6.66. The van der Waals surface area contributed by atoms with Crippen molar-refractivity contribution >= 4 is 29.5 Å². The predicted octanol–water partition coefficient (Wildman–Crippen LogP) is 2.15. The molecule has 34 heavy (non-hydrogen) atoms. The Morgan fingerprint density at radius 2 is 2.12 bits per heavy atom. The number of fused-ring (bicyclic) bond motifs is 1. The van der Waals surface area contributed by atoms with Gasteiger partial charge in [0.15, 0.2) is 5.82 Å². The molecule has 178 valence electrons. The van der Waals surface area contributed by atoms with E-state index < -0.39 is 0 Å². The summed E-state index contributed by atoms with van der Waals surface area (Å²) in [5.74, 6) is 1.07. The van der Waals surface area contributed by atoms with E-state index in [2.05, 4.69) is 37.1 Å². The fourth-order valence-electron chi connectivity index (χ4n) is 4.26. The number of aromatic nitrogens is 3. The summed E-state index contributed by atoms with van der Waals surface area (Å²) in [6, 6.07) is 9.89. The molecule has 2 fully saturated rings. The number of amides is 1. The number of imidazole rings is 1. The van der Waals surface area contributed by atoms with Crippen LogP contribution < -0.4 is 21.0 Å². The number of hydrazone groups is 1. The van der Waals surface area contributed by atoms with Gasteiger partial charge in [0.25, 0.3) is 5.91 Å². The van der Waals surface area contributed by atoms with Crippen LogP contribution in [0.4, 0.5) is 11.8 Å². The first-order chi connectivity index (χ1) is 16.7. The van der Waals surface area contributed by atoms with E-state index >= 15 is 0 Å².